The average molecular weight is 463 g/mol. The number of para-hydroxylation sites is 1. The number of hydrogen-bond acceptors (Lipinski definition) is 5. The molecule has 7 nitrogen and oxygen atoms in total. The molecule has 0 radical (unpaired) electrons. The van der Waals surface area contributed by atoms with E-state index in [0.29, 0.717) is 17.7 Å². The molecule has 1 aliphatic carbocycles. The van der Waals surface area contributed by atoms with Gasteiger partial charge < -0.3 is 25.2 Å². The largest absolute Gasteiger partial charge is 0.486 e. The quantitative estimate of drug-likeness (QED) is 0.497. The highest BCUT2D eigenvalue weighted by molar-refractivity contribution is 5.96. The molecule has 0 aromatic heterocycles. The van der Waals surface area contributed by atoms with E-state index in [0.717, 1.165) is 11.1 Å². The summed E-state index contributed by atoms with van der Waals surface area (Å²) in [5, 5.41) is 23.4. The predicted octanol–water partition coefficient (Wildman–Crippen LogP) is 2.30. The Bertz CT molecular complexity index is 1070. The summed E-state index contributed by atoms with van der Waals surface area (Å²) in [6.45, 7) is 3.91. The van der Waals surface area contributed by atoms with Gasteiger partial charge in [-0.1, -0.05) is 54.6 Å². The van der Waals surface area contributed by atoms with E-state index in [1.807, 2.05) is 54.6 Å². The van der Waals surface area contributed by atoms with Gasteiger partial charge in [0.05, 0.1) is 18.6 Å². The van der Waals surface area contributed by atoms with Gasteiger partial charge in [-0.3, -0.25) is 9.59 Å². The summed E-state index contributed by atoms with van der Waals surface area (Å²) in [6, 6.07) is 16.2. The number of nitrogens with one attached hydrogen (secondary N) is 1. The average Bonchev–Trinajstić information content (AvgIpc) is 3.26. The van der Waals surface area contributed by atoms with Crippen molar-refractivity contribution in [3.8, 4) is 5.75 Å². The van der Waals surface area contributed by atoms with Crippen LogP contribution in [-0.4, -0.2) is 58.3 Å². The van der Waals surface area contributed by atoms with E-state index in [9.17, 15) is 19.8 Å². The summed E-state index contributed by atoms with van der Waals surface area (Å²) in [5.41, 5.74) is 2.16. The fourth-order valence-corrected chi connectivity index (χ4v) is 4.70. The highest BCUT2D eigenvalue weighted by Gasteiger charge is 2.50. The summed E-state index contributed by atoms with van der Waals surface area (Å²) in [4.78, 5) is 28.0. The third-order valence-corrected chi connectivity index (χ3v) is 6.32. The van der Waals surface area contributed by atoms with Crippen LogP contribution in [0.3, 0.4) is 0 Å². The van der Waals surface area contributed by atoms with Crippen LogP contribution in [-0.2, 0) is 16.1 Å². The maximum absolute atomic E-state index is 13.3. The standard InChI is InChI=1S/C27H30N2O5/c1-2-3-13-23(31)29(17-18-9-5-4-6-10-18)21-16-20(27(33)28-14-15-30)24-19-11-7-8-12-22(19)34-26(24)25(21)32/h2,4-12,16,21,24-26,30,32H,1,3,13-15,17H2,(H,28,33). The number of nitrogens with zero attached hydrogens (tertiary/aromatic N) is 1. The number of hydrogen-bond donors (Lipinski definition) is 3. The second kappa shape index (κ2) is 10.7. The van der Waals surface area contributed by atoms with Crippen LogP contribution in [0.25, 0.3) is 0 Å². The minimum absolute atomic E-state index is 0.106. The van der Waals surface area contributed by atoms with E-state index in [2.05, 4.69) is 11.9 Å². The molecule has 0 fully saturated rings. The van der Waals surface area contributed by atoms with E-state index < -0.39 is 24.2 Å². The Labute approximate surface area is 199 Å². The second-order valence-corrected chi connectivity index (χ2v) is 8.52. The van der Waals surface area contributed by atoms with E-state index in [1.54, 1.807) is 17.1 Å². The molecule has 34 heavy (non-hydrogen) atoms. The van der Waals surface area contributed by atoms with Crippen LogP contribution in [0.15, 0.2) is 78.9 Å². The van der Waals surface area contributed by atoms with Gasteiger partial charge in [-0.25, -0.2) is 0 Å². The normalized spacial score (nSPS) is 22.6. The van der Waals surface area contributed by atoms with Crippen LogP contribution in [0.2, 0.25) is 0 Å². The number of allylic oxidation sites excluding steroid dienone is 1. The van der Waals surface area contributed by atoms with E-state index >= 15 is 0 Å². The van der Waals surface area contributed by atoms with Gasteiger partial charge in [-0.05, 0) is 24.1 Å². The monoisotopic (exact) mass is 462 g/mol. The molecule has 3 N–H and O–H groups in total. The number of fused-ring (bicyclic) bond motifs is 3. The molecule has 7 heteroatoms. The van der Waals surface area contributed by atoms with Crippen molar-refractivity contribution < 1.29 is 24.5 Å². The van der Waals surface area contributed by atoms with Gasteiger partial charge in [-0.2, -0.15) is 0 Å². The Kier molecular flexibility index (Phi) is 7.45. The molecule has 2 aromatic rings. The van der Waals surface area contributed by atoms with Crippen LogP contribution in [0.4, 0.5) is 0 Å². The number of carbonyl (C=O) groups is 2. The SMILES string of the molecule is C=CCCC(=O)N(Cc1ccccc1)C1C=C(C(=O)NCCO)C2c3ccccc3OC2C1O. The highest BCUT2D eigenvalue weighted by Crippen LogP contribution is 2.47. The number of amides is 2. The van der Waals surface area contributed by atoms with Crippen molar-refractivity contribution in [3.05, 3.63) is 90.0 Å². The summed E-state index contributed by atoms with van der Waals surface area (Å²) in [7, 11) is 0. The van der Waals surface area contributed by atoms with Gasteiger partial charge in [0, 0.05) is 30.6 Å². The Morgan fingerprint density at radius 3 is 2.59 bits per heavy atom. The predicted molar refractivity (Wildman–Crippen MR) is 128 cm³/mol. The number of benzene rings is 2. The zero-order valence-corrected chi connectivity index (χ0v) is 19.0. The number of aliphatic hydroxyl groups is 2. The molecule has 1 aliphatic heterocycles. The lowest BCUT2D eigenvalue weighted by Gasteiger charge is -2.40. The summed E-state index contributed by atoms with van der Waals surface area (Å²) >= 11 is 0. The fraction of sp³-hybridized carbons (Fsp3) is 0.333. The van der Waals surface area contributed by atoms with Crippen molar-refractivity contribution >= 4 is 11.8 Å². The van der Waals surface area contributed by atoms with Crippen LogP contribution < -0.4 is 10.1 Å². The van der Waals surface area contributed by atoms with E-state index in [-0.39, 0.29) is 37.9 Å². The van der Waals surface area contributed by atoms with Gasteiger partial charge in [0.2, 0.25) is 11.8 Å². The maximum Gasteiger partial charge on any atom is 0.247 e. The van der Waals surface area contributed by atoms with E-state index in [4.69, 9.17) is 4.74 Å². The molecule has 0 spiro atoms. The molecular formula is C27H30N2O5. The number of rotatable bonds is 9. The minimum Gasteiger partial charge on any atom is -0.486 e. The summed E-state index contributed by atoms with van der Waals surface area (Å²) in [6.07, 6.45) is 2.38. The Balaban J connectivity index is 1.74. The molecule has 0 saturated carbocycles. The molecular weight excluding hydrogens is 432 g/mol. The van der Waals surface area contributed by atoms with Gasteiger partial charge in [0.25, 0.3) is 0 Å². The van der Waals surface area contributed by atoms with Crippen LogP contribution in [0.5, 0.6) is 5.75 Å². The van der Waals surface area contributed by atoms with Crippen molar-refractivity contribution in [1.29, 1.82) is 0 Å². The number of carbonyl (C=O) groups excluding carboxylic acids is 2. The van der Waals surface area contributed by atoms with Crippen molar-refractivity contribution in [2.24, 2.45) is 0 Å². The maximum atomic E-state index is 13.3. The van der Waals surface area contributed by atoms with Gasteiger partial charge in [0.1, 0.15) is 18.0 Å². The molecule has 4 rings (SSSR count). The van der Waals surface area contributed by atoms with Crippen LogP contribution in [0.1, 0.15) is 29.9 Å². The third-order valence-electron chi connectivity index (χ3n) is 6.32. The molecule has 1 heterocycles. The zero-order valence-electron chi connectivity index (χ0n) is 19.0. The van der Waals surface area contributed by atoms with E-state index in [1.165, 1.54) is 0 Å². The first kappa shape index (κ1) is 23.7. The second-order valence-electron chi connectivity index (χ2n) is 8.52. The van der Waals surface area contributed by atoms with Crippen molar-refractivity contribution in [1.82, 2.24) is 10.2 Å². The first-order valence-electron chi connectivity index (χ1n) is 11.5. The lowest BCUT2D eigenvalue weighted by Crippen LogP contribution is -2.55. The summed E-state index contributed by atoms with van der Waals surface area (Å²) < 4.78 is 6.13. The minimum atomic E-state index is -1.04. The van der Waals surface area contributed by atoms with Gasteiger partial charge in [-0.15, -0.1) is 6.58 Å². The van der Waals surface area contributed by atoms with Crippen molar-refractivity contribution in [2.75, 3.05) is 13.2 Å². The Hall–Kier alpha value is -3.42. The molecule has 0 bridgehead atoms. The van der Waals surface area contributed by atoms with Crippen molar-refractivity contribution in [2.45, 2.75) is 43.6 Å². The Morgan fingerprint density at radius 1 is 1.12 bits per heavy atom. The molecule has 2 aromatic carbocycles. The smallest absolute Gasteiger partial charge is 0.247 e. The third kappa shape index (κ3) is 4.76. The number of aliphatic hydroxyl groups excluding tert-OH is 2. The highest BCUT2D eigenvalue weighted by atomic mass is 16.5. The fourth-order valence-electron chi connectivity index (χ4n) is 4.70. The lowest BCUT2D eigenvalue weighted by atomic mass is 9.77. The van der Waals surface area contributed by atoms with Crippen molar-refractivity contribution in [3.63, 3.8) is 0 Å². The molecule has 2 amide bonds. The molecule has 4 unspecified atom stereocenters. The summed E-state index contributed by atoms with van der Waals surface area (Å²) in [5.74, 6) is -0.346. The van der Waals surface area contributed by atoms with Gasteiger partial charge in [0.15, 0.2) is 0 Å². The van der Waals surface area contributed by atoms with Crippen LogP contribution >= 0.6 is 0 Å². The number of ether oxygens (including phenoxy) is 1. The molecule has 0 saturated heterocycles. The zero-order chi connectivity index (χ0) is 24.1. The van der Waals surface area contributed by atoms with Crippen LogP contribution in [0, 0.1) is 0 Å². The molecule has 4 atom stereocenters. The van der Waals surface area contributed by atoms with Gasteiger partial charge >= 0.3 is 0 Å². The lowest BCUT2D eigenvalue weighted by molar-refractivity contribution is -0.138. The first-order valence-corrected chi connectivity index (χ1v) is 11.5. The topological polar surface area (TPSA) is 99.1 Å². The first-order chi connectivity index (χ1) is 16.5. The Morgan fingerprint density at radius 2 is 1.85 bits per heavy atom. The molecule has 2 aliphatic rings. The molecule has 178 valence electrons.